The number of aliphatic hydroxyl groups is 1. The minimum absolute atomic E-state index is 0.0592. The van der Waals surface area contributed by atoms with Gasteiger partial charge in [0.05, 0.1) is 6.10 Å². The average Bonchev–Trinajstić information content (AvgIpc) is 2.81. The van der Waals surface area contributed by atoms with E-state index in [1.54, 1.807) is 0 Å². The first kappa shape index (κ1) is 14.3. The van der Waals surface area contributed by atoms with E-state index in [0.717, 1.165) is 30.6 Å². The normalized spacial score (nSPS) is 34.7. The van der Waals surface area contributed by atoms with E-state index in [1.165, 1.54) is 38.6 Å². The van der Waals surface area contributed by atoms with Gasteiger partial charge in [0.25, 0.3) is 0 Å². The summed E-state index contributed by atoms with van der Waals surface area (Å²) in [7, 11) is 2.29. The van der Waals surface area contributed by atoms with Crippen LogP contribution < -0.4 is 0 Å². The second kappa shape index (κ2) is 6.38. The van der Waals surface area contributed by atoms with Gasteiger partial charge in [-0.3, -0.25) is 0 Å². The van der Waals surface area contributed by atoms with Gasteiger partial charge in [-0.05, 0) is 56.9 Å². The second-order valence-electron chi connectivity index (χ2n) is 7.03. The third kappa shape index (κ3) is 3.48. The van der Waals surface area contributed by atoms with E-state index in [-0.39, 0.29) is 6.10 Å². The molecule has 18 heavy (non-hydrogen) atoms. The number of nitrogens with zero attached hydrogens (tertiary/aromatic N) is 1. The zero-order valence-corrected chi connectivity index (χ0v) is 12.4. The maximum absolute atomic E-state index is 9.96. The van der Waals surface area contributed by atoms with E-state index in [4.69, 9.17) is 0 Å². The molecule has 2 nitrogen and oxygen atoms in total. The van der Waals surface area contributed by atoms with Gasteiger partial charge in [0.15, 0.2) is 0 Å². The van der Waals surface area contributed by atoms with Gasteiger partial charge in [0, 0.05) is 12.6 Å². The zero-order chi connectivity index (χ0) is 13.1. The Bertz CT molecular complexity index is 247. The molecule has 1 N–H and O–H groups in total. The Morgan fingerprint density at radius 3 is 2.39 bits per heavy atom. The quantitative estimate of drug-likeness (QED) is 0.831. The summed E-state index contributed by atoms with van der Waals surface area (Å²) in [5.41, 5.74) is 0. The van der Waals surface area contributed by atoms with Crippen LogP contribution in [0.15, 0.2) is 0 Å². The van der Waals surface area contributed by atoms with Gasteiger partial charge >= 0.3 is 0 Å². The van der Waals surface area contributed by atoms with E-state index in [2.05, 4.69) is 25.8 Å². The summed E-state index contributed by atoms with van der Waals surface area (Å²) in [6, 6.07) is 0.606. The van der Waals surface area contributed by atoms with Crippen molar-refractivity contribution in [3.8, 4) is 0 Å². The van der Waals surface area contributed by atoms with E-state index in [9.17, 15) is 5.11 Å². The largest absolute Gasteiger partial charge is 0.393 e. The first-order valence-corrected chi connectivity index (χ1v) is 7.96. The molecule has 2 fully saturated rings. The lowest BCUT2D eigenvalue weighted by Crippen LogP contribution is -2.47. The maximum Gasteiger partial charge on any atom is 0.0555 e. The summed E-state index contributed by atoms with van der Waals surface area (Å²) in [5, 5.41) is 9.96. The van der Waals surface area contributed by atoms with E-state index in [1.807, 2.05) is 0 Å². The fourth-order valence-corrected chi connectivity index (χ4v) is 4.17. The lowest BCUT2D eigenvalue weighted by molar-refractivity contribution is 0.0171. The van der Waals surface area contributed by atoms with Crippen molar-refractivity contribution in [1.82, 2.24) is 4.90 Å². The molecule has 0 bridgehead atoms. The standard InChI is InChI=1S/C16H31NO/c1-12(2)15-9-8-14(18)10-16(15)17(3)11-13-6-4-5-7-13/h12-16,18H,4-11H2,1-3H3. The molecule has 0 aliphatic heterocycles. The molecule has 106 valence electrons. The molecule has 0 radical (unpaired) electrons. The Morgan fingerprint density at radius 1 is 1.11 bits per heavy atom. The molecule has 0 spiro atoms. The third-order valence-corrected chi connectivity index (χ3v) is 5.28. The van der Waals surface area contributed by atoms with E-state index in [0.29, 0.717) is 6.04 Å². The fraction of sp³-hybridized carbons (Fsp3) is 1.00. The third-order valence-electron chi connectivity index (χ3n) is 5.28. The van der Waals surface area contributed by atoms with Crippen LogP contribution in [0.2, 0.25) is 0 Å². The Balaban J connectivity index is 1.93. The topological polar surface area (TPSA) is 23.5 Å². The minimum Gasteiger partial charge on any atom is -0.393 e. The number of aliphatic hydroxyl groups excluding tert-OH is 1. The summed E-state index contributed by atoms with van der Waals surface area (Å²) >= 11 is 0. The highest BCUT2D eigenvalue weighted by Gasteiger charge is 2.34. The predicted octanol–water partition coefficient (Wildman–Crippen LogP) is 3.29. The first-order chi connectivity index (χ1) is 8.58. The SMILES string of the molecule is CC(C)C1CCC(O)CC1N(C)CC1CCCC1. The van der Waals surface area contributed by atoms with Gasteiger partial charge in [-0.15, -0.1) is 0 Å². The molecular weight excluding hydrogens is 222 g/mol. The lowest BCUT2D eigenvalue weighted by atomic mass is 9.76. The van der Waals surface area contributed by atoms with Crippen LogP contribution in [0.25, 0.3) is 0 Å². The highest BCUT2D eigenvalue weighted by atomic mass is 16.3. The van der Waals surface area contributed by atoms with Crippen molar-refractivity contribution in [2.45, 2.75) is 70.9 Å². The van der Waals surface area contributed by atoms with Gasteiger partial charge in [-0.2, -0.15) is 0 Å². The Labute approximate surface area is 113 Å². The van der Waals surface area contributed by atoms with Crippen molar-refractivity contribution in [2.24, 2.45) is 17.8 Å². The summed E-state index contributed by atoms with van der Waals surface area (Å²) in [6.07, 6.45) is 8.86. The van der Waals surface area contributed by atoms with Crippen LogP contribution in [-0.2, 0) is 0 Å². The van der Waals surface area contributed by atoms with Gasteiger partial charge in [-0.25, -0.2) is 0 Å². The van der Waals surface area contributed by atoms with Crippen LogP contribution in [0.1, 0.15) is 58.8 Å². The summed E-state index contributed by atoms with van der Waals surface area (Å²) < 4.78 is 0. The van der Waals surface area contributed by atoms with Crippen molar-refractivity contribution < 1.29 is 5.11 Å². The molecule has 2 saturated carbocycles. The van der Waals surface area contributed by atoms with Crippen molar-refractivity contribution in [2.75, 3.05) is 13.6 Å². The molecule has 3 unspecified atom stereocenters. The van der Waals surface area contributed by atoms with Crippen LogP contribution in [0, 0.1) is 17.8 Å². The number of hydrogen-bond donors (Lipinski definition) is 1. The Hall–Kier alpha value is -0.0800. The van der Waals surface area contributed by atoms with Gasteiger partial charge in [0.1, 0.15) is 0 Å². The second-order valence-corrected chi connectivity index (χ2v) is 7.03. The first-order valence-electron chi connectivity index (χ1n) is 7.96. The van der Waals surface area contributed by atoms with Crippen molar-refractivity contribution in [3.63, 3.8) is 0 Å². The van der Waals surface area contributed by atoms with Crippen molar-refractivity contribution in [3.05, 3.63) is 0 Å². The van der Waals surface area contributed by atoms with Crippen LogP contribution in [0.3, 0.4) is 0 Å². The number of rotatable bonds is 4. The van der Waals surface area contributed by atoms with Crippen LogP contribution in [0.4, 0.5) is 0 Å². The van der Waals surface area contributed by atoms with E-state index < -0.39 is 0 Å². The lowest BCUT2D eigenvalue weighted by Gasteiger charge is -2.42. The highest BCUT2D eigenvalue weighted by molar-refractivity contribution is 4.88. The molecule has 0 aromatic heterocycles. The monoisotopic (exact) mass is 253 g/mol. The summed E-state index contributed by atoms with van der Waals surface area (Å²) in [6.45, 7) is 5.94. The molecule has 0 amide bonds. The van der Waals surface area contributed by atoms with E-state index >= 15 is 0 Å². The molecule has 3 atom stereocenters. The maximum atomic E-state index is 9.96. The molecule has 2 aliphatic carbocycles. The number of hydrogen-bond acceptors (Lipinski definition) is 2. The molecule has 2 rings (SSSR count). The zero-order valence-electron chi connectivity index (χ0n) is 12.4. The van der Waals surface area contributed by atoms with Crippen LogP contribution in [0.5, 0.6) is 0 Å². The molecule has 2 heteroatoms. The van der Waals surface area contributed by atoms with Crippen LogP contribution >= 0.6 is 0 Å². The molecule has 0 saturated heterocycles. The Morgan fingerprint density at radius 2 is 1.78 bits per heavy atom. The van der Waals surface area contributed by atoms with Crippen molar-refractivity contribution in [1.29, 1.82) is 0 Å². The molecule has 0 aromatic carbocycles. The Kier molecular flexibility index (Phi) is 5.08. The molecule has 0 heterocycles. The molecule has 2 aliphatic rings. The minimum atomic E-state index is -0.0592. The average molecular weight is 253 g/mol. The smallest absolute Gasteiger partial charge is 0.0555 e. The highest BCUT2D eigenvalue weighted by Crippen LogP contribution is 2.35. The molecule has 0 aromatic rings. The predicted molar refractivity (Wildman–Crippen MR) is 76.6 cm³/mol. The van der Waals surface area contributed by atoms with Gasteiger partial charge < -0.3 is 10.0 Å². The van der Waals surface area contributed by atoms with Crippen molar-refractivity contribution >= 4 is 0 Å². The summed E-state index contributed by atoms with van der Waals surface area (Å²) in [4.78, 5) is 2.57. The van der Waals surface area contributed by atoms with Crippen LogP contribution in [-0.4, -0.2) is 35.7 Å². The molecular formula is C16H31NO. The van der Waals surface area contributed by atoms with Gasteiger partial charge in [0.2, 0.25) is 0 Å². The fourth-order valence-electron chi connectivity index (χ4n) is 4.17. The summed E-state index contributed by atoms with van der Waals surface area (Å²) in [5.74, 6) is 2.44. The van der Waals surface area contributed by atoms with Gasteiger partial charge in [-0.1, -0.05) is 26.7 Å².